The number of hydrogen-bond donors (Lipinski definition) is 2. The van der Waals surface area contributed by atoms with Gasteiger partial charge in [-0.25, -0.2) is 0 Å². The lowest BCUT2D eigenvalue weighted by Gasteiger charge is -2.11. The molecule has 1 aromatic carbocycles. The van der Waals surface area contributed by atoms with Gasteiger partial charge in [-0.2, -0.15) is 0 Å². The van der Waals surface area contributed by atoms with Crippen molar-refractivity contribution in [3.05, 3.63) is 23.8 Å². The van der Waals surface area contributed by atoms with Gasteiger partial charge in [-0.05, 0) is 32.4 Å². The molecule has 4 heteroatoms. The Morgan fingerprint density at radius 2 is 2.06 bits per heavy atom. The van der Waals surface area contributed by atoms with Gasteiger partial charge >= 0.3 is 0 Å². The van der Waals surface area contributed by atoms with Crippen molar-refractivity contribution in [1.29, 1.82) is 0 Å². The smallest absolute Gasteiger partial charge is 0.127 e. The molecule has 0 aliphatic rings. The summed E-state index contributed by atoms with van der Waals surface area (Å²) in [6.45, 7) is 3.80. The topological polar surface area (TPSA) is 56.5 Å². The lowest BCUT2D eigenvalue weighted by atomic mass is 10.1. The predicted octanol–water partition coefficient (Wildman–Crippen LogP) is 1.92. The molecule has 1 atom stereocenters. The van der Waals surface area contributed by atoms with Gasteiger partial charge in [-0.15, -0.1) is 0 Å². The van der Waals surface area contributed by atoms with Gasteiger partial charge in [0.05, 0.1) is 14.2 Å². The maximum atomic E-state index is 5.70. The van der Waals surface area contributed by atoms with Crippen LogP contribution in [0.3, 0.4) is 0 Å². The van der Waals surface area contributed by atoms with Crippen LogP contribution in [0.5, 0.6) is 11.5 Å². The average Bonchev–Trinajstić information content (AvgIpc) is 2.38. The Balaban J connectivity index is 2.41. The number of nitrogens with one attached hydrogen (secondary N) is 1. The predicted molar refractivity (Wildman–Crippen MR) is 74.1 cm³/mol. The summed E-state index contributed by atoms with van der Waals surface area (Å²) in [5.74, 6) is 1.67. The Bertz CT molecular complexity index is 354. The summed E-state index contributed by atoms with van der Waals surface area (Å²) in [5.41, 5.74) is 6.84. The Hall–Kier alpha value is -1.26. The molecule has 1 aromatic rings. The van der Waals surface area contributed by atoms with Crippen molar-refractivity contribution in [2.24, 2.45) is 5.73 Å². The minimum Gasteiger partial charge on any atom is -0.497 e. The number of ether oxygens (including phenoxy) is 2. The maximum absolute atomic E-state index is 5.70. The van der Waals surface area contributed by atoms with Crippen LogP contribution in [-0.4, -0.2) is 26.8 Å². The monoisotopic (exact) mass is 252 g/mol. The van der Waals surface area contributed by atoms with E-state index in [1.165, 1.54) is 0 Å². The zero-order valence-electron chi connectivity index (χ0n) is 11.5. The van der Waals surface area contributed by atoms with Crippen molar-refractivity contribution >= 4 is 0 Å². The van der Waals surface area contributed by atoms with Crippen molar-refractivity contribution in [2.75, 3.05) is 20.8 Å². The highest BCUT2D eigenvalue weighted by Gasteiger charge is 2.04. The largest absolute Gasteiger partial charge is 0.497 e. The summed E-state index contributed by atoms with van der Waals surface area (Å²) in [6, 6.07) is 6.15. The molecule has 0 heterocycles. The number of hydrogen-bond acceptors (Lipinski definition) is 4. The lowest BCUT2D eigenvalue weighted by molar-refractivity contribution is 0.389. The van der Waals surface area contributed by atoms with E-state index in [1.54, 1.807) is 14.2 Å². The van der Waals surface area contributed by atoms with Crippen LogP contribution >= 0.6 is 0 Å². The molecule has 0 aliphatic carbocycles. The van der Waals surface area contributed by atoms with Crippen LogP contribution in [0, 0.1) is 0 Å². The van der Waals surface area contributed by atoms with E-state index in [9.17, 15) is 0 Å². The first-order valence-corrected chi connectivity index (χ1v) is 6.34. The molecular formula is C14H24N2O2. The van der Waals surface area contributed by atoms with Gasteiger partial charge < -0.3 is 20.5 Å². The first-order valence-electron chi connectivity index (χ1n) is 6.34. The summed E-state index contributed by atoms with van der Waals surface area (Å²) in [6.07, 6.45) is 2.14. The van der Waals surface area contributed by atoms with Gasteiger partial charge in [-0.1, -0.05) is 6.07 Å². The molecule has 1 unspecified atom stereocenters. The Morgan fingerprint density at radius 1 is 1.28 bits per heavy atom. The third-order valence-corrected chi connectivity index (χ3v) is 2.82. The highest BCUT2D eigenvalue weighted by molar-refractivity contribution is 5.40. The quantitative estimate of drug-likeness (QED) is 0.694. The highest BCUT2D eigenvalue weighted by Crippen LogP contribution is 2.24. The molecular weight excluding hydrogens is 228 g/mol. The molecule has 102 valence electrons. The van der Waals surface area contributed by atoms with Crippen LogP contribution in [0.25, 0.3) is 0 Å². The van der Waals surface area contributed by atoms with E-state index < -0.39 is 0 Å². The fourth-order valence-corrected chi connectivity index (χ4v) is 1.77. The molecule has 0 aliphatic heterocycles. The maximum Gasteiger partial charge on any atom is 0.127 e. The molecule has 3 N–H and O–H groups in total. The van der Waals surface area contributed by atoms with Crippen molar-refractivity contribution in [1.82, 2.24) is 5.32 Å². The van der Waals surface area contributed by atoms with Crippen molar-refractivity contribution in [2.45, 2.75) is 32.4 Å². The van der Waals surface area contributed by atoms with E-state index in [0.717, 1.165) is 43.0 Å². The third kappa shape index (κ3) is 4.94. The van der Waals surface area contributed by atoms with Crippen LogP contribution in [0.2, 0.25) is 0 Å². The number of rotatable bonds is 8. The molecule has 0 spiro atoms. The standard InChI is InChI=1S/C14H24N2O2/c1-11(15)5-4-8-16-10-12-6-7-13(17-2)9-14(12)18-3/h6-7,9,11,16H,4-5,8,10,15H2,1-3H3. The van der Waals surface area contributed by atoms with Crippen LogP contribution in [0.4, 0.5) is 0 Å². The molecule has 18 heavy (non-hydrogen) atoms. The summed E-state index contributed by atoms with van der Waals surface area (Å²) in [5, 5.41) is 3.39. The molecule has 0 amide bonds. The van der Waals surface area contributed by atoms with Crippen molar-refractivity contribution in [3.8, 4) is 11.5 Å². The summed E-state index contributed by atoms with van der Waals surface area (Å²) in [7, 11) is 3.33. The molecule has 0 saturated carbocycles. The fraction of sp³-hybridized carbons (Fsp3) is 0.571. The summed E-state index contributed by atoms with van der Waals surface area (Å²) in [4.78, 5) is 0. The van der Waals surface area contributed by atoms with Crippen LogP contribution in [0.15, 0.2) is 18.2 Å². The lowest BCUT2D eigenvalue weighted by Crippen LogP contribution is -2.20. The molecule has 0 radical (unpaired) electrons. The first kappa shape index (κ1) is 14.8. The number of nitrogens with two attached hydrogens (primary N) is 1. The molecule has 0 bridgehead atoms. The number of methoxy groups -OCH3 is 2. The van der Waals surface area contributed by atoms with Crippen molar-refractivity contribution < 1.29 is 9.47 Å². The van der Waals surface area contributed by atoms with Crippen LogP contribution in [0.1, 0.15) is 25.3 Å². The molecule has 4 nitrogen and oxygen atoms in total. The van der Waals surface area contributed by atoms with E-state index >= 15 is 0 Å². The van der Waals surface area contributed by atoms with Gasteiger partial charge in [0.25, 0.3) is 0 Å². The highest BCUT2D eigenvalue weighted by atomic mass is 16.5. The Kier molecular flexibility index (Phi) is 6.54. The minimum absolute atomic E-state index is 0.280. The molecule has 1 rings (SSSR count). The Morgan fingerprint density at radius 3 is 2.67 bits per heavy atom. The second kappa shape index (κ2) is 7.95. The minimum atomic E-state index is 0.280. The van der Waals surface area contributed by atoms with Gasteiger partial charge in [0.15, 0.2) is 0 Å². The van der Waals surface area contributed by atoms with Crippen LogP contribution in [-0.2, 0) is 6.54 Å². The van der Waals surface area contributed by atoms with Gasteiger partial charge in [-0.3, -0.25) is 0 Å². The average molecular weight is 252 g/mol. The summed E-state index contributed by atoms with van der Waals surface area (Å²) < 4.78 is 10.5. The molecule has 0 aromatic heterocycles. The normalized spacial score (nSPS) is 12.2. The van der Waals surface area contributed by atoms with E-state index in [2.05, 4.69) is 5.32 Å². The zero-order chi connectivity index (χ0) is 13.4. The summed E-state index contributed by atoms with van der Waals surface area (Å²) >= 11 is 0. The van der Waals surface area contributed by atoms with E-state index in [-0.39, 0.29) is 6.04 Å². The van der Waals surface area contributed by atoms with E-state index in [0.29, 0.717) is 0 Å². The van der Waals surface area contributed by atoms with Crippen molar-refractivity contribution in [3.63, 3.8) is 0 Å². The van der Waals surface area contributed by atoms with Gasteiger partial charge in [0, 0.05) is 24.2 Å². The van der Waals surface area contributed by atoms with Crippen LogP contribution < -0.4 is 20.5 Å². The van der Waals surface area contributed by atoms with E-state index in [1.807, 2.05) is 25.1 Å². The Labute approximate surface area is 109 Å². The number of benzene rings is 1. The second-order valence-corrected chi connectivity index (χ2v) is 4.47. The first-order chi connectivity index (χ1) is 8.67. The SMILES string of the molecule is COc1ccc(CNCCCC(C)N)c(OC)c1. The second-order valence-electron chi connectivity index (χ2n) is 4.47. The van der Waals surface area contributed by atoms with Gasteiger partial charge in [0.2, 0.25) is 0 Å². The molecule has 0 fully saturated rings. The zero-order valence-corrected chi connectivity index (χ0v) is 11.5. The van der Waals surface area contributed by atoms with E-state index in [4.69, 9.17) is 15.2 Å². The third-order valence-electron chi connectivity index (χ3n) is 2.82. The van der Waals surface area contributed by atoms with Gasteiger partial charge in [0.1, 0.15) is 11.5 Å². The fourth-order valence-electron chi connectivity index (χ4n) is 1.77. The molecule has 0 saturated heterocycles.